The van der Waals surface area contributed by atoms with Crippen molar-refractivity contribution >= 4 is 32.6 Å². The van der Waals surface area contributed by atoms with Crippen LogP contribution in [0.3, 0.4) is 0 Å². The minimum atomic E-state index is -0.108. The number of methoxy groups -OCH3 is 2. The van der Waals surface area contributed by atoms with Crippen LogP contribution in [0, 0.1) is 0 Å². The van der Waals surface area contributed by atoms with Gasteiger partial charge in [-0.05, 0) is 36.4 Å². The summed E-state index contributed by atoms with van der Waals surface area (Å²) in [7, 11) is 3.20. The Balaban J connectivity index is 1.62. The van der Waals surface area contributed by atoms with Gasteiger partial charge in [0.2, 0.25) is 5.91 Å². The minimum absolute atomic E-state index is 0.108. The van der Waals surface area contributed by atoms with Crippen LogP contribution in [-0.4, -0.2) is 36.7 Å². The molecule has 164 valence electrons. The van der Waals surface area contributed by atoms with Crippen LogP contribution in [0.25, 0.3) is 10.2 Å². The van der Waals surface area contributed by atoms with Gasteiger partial charge in [0.05, 0.1) is 39.5 Å². The minimum Gasteiger partial charge on any atom is -0.495 e. The molecule has 8 heteroatoms. The summed E-state index contributed by atoms with van der Waals surface area (Å²) in [6, 6.07) is 18.7. The van der Waals surface area contributed by atoms with Gasteiger partial charge in [0.1, 0.15) is 27.5 Å². The average Bonchev–Trinajstić information content (AvgIpc) is 3.28. The zero-order chi connectivity index (χ0) is 22.3. The second-order valence-corrected chi connectivity index (χ2v) is 7.83. The standard InChI is InChI=1S/C24H23N3O4S/c1-29-19-11-12-20(30-2)23-22(19)26-24(32-23)27(16-17-8-6-7-14-25-17)21(28)13-15-31-18-9-4-3-5-10-18/h3-12,14H,13,15-16H2,1-2H3. The molecule has 2 aromatic heterocycles. The molecule has 0 aliphatic rings. The molecule has 0 spiro atoms. The topological polar surface area (TPSA) is 73.8 Å². The Morgan fingerprint density at radius 1 is 0.969 bits per heavy atom. The highest BCUT2D eigenvalue weighted by Crippen LogP contribution is 2.40. The van der Waals surface area contributed by atoms with Gasteiger partial charge in [0.15, 0.2) is 5.13 Å². The number of amides is 1. The highest BCUT2D eigenvalue weighted by Gasteiger charge is 2.23. The van der Waals surface area contributed by atoms with Gasteiger partial charge in [-0.3, -0.25) is 14.7 Å². The number of ether oxygens (including phenoxy) is 3. The number of aromatic nitrogens is 2. The fourth-order valence-electron chi connectivity index (χ4n) is 3.21. The lowest BCUT2D eigenvalue weighted by Gasteiger charge is -2.19. The fourth-order valence-corrected chi connectivity index (χ4v) is 4.30. The van der Waals surface area contributed by atoms with Crippen molar-refractivity contribution in [3.05, 3.63) is 72.6 Å². The Kier molecular flexibility index (Phi) is 6.81. The summed E-state index contributed by atoms with van der Waals surface area (Å²) in [4.78, 5) is 24.0. The van der Waals surface area contributed by atoms with Crippen LogP contribution in [0.1, 0.15) is 12.1 Å². The Hall–Kier alpha value is -3.65. The van der Waals surface area contributed by atoms with E-state index in [1.165, 1.54) is 11.3 Å². The van der Waals surface area contributed by atoms with E-state index in [9.17, 15) is 4.79 Å². The lowest BCUT2D eigenvalue weighted by Crippen LogP contribution is -2.31. The molecule has 0 radical (unpaired) electrons. The van der Waals surface area contributed by atoms with E-state index < -0.39 is 0 Å². The molecule has 0 unspecified atom stereocenters. The SMILES string of the molecule is COc1ccc(OC)c2sc(N(Cc3ccccn3)C(=O)CCOc3ccccc3)nc12. The number of nitrogens with zero attached hydrogens (tertiary/aromatic N) is 3. The first-order valence-electron chi connectivity index (χ1n) is 10.1. The Bertz CT molecular complexity index is 1140. The van der Waals surface area contributed by atoms with E-state index in [4.69, 9.17) is 19.2 Å². The third-order valence-electron chi connectivity index (χ3n) is 4.81. The van der Waals surface area contributed by atoms with Gasteiger partial charge in [-0.15, -0.1) is 0 Å². The van der Waals surface area contributed by atoms with Crippen molar-refractivity contribution in [2.45, 2.75) is 13.0 Å². The van der Waals surface area contributed by atoms with E-state index in [1.54, 1.807) is 25.3 Å². The molecule has 4 rings (SSSR count). The summed E-state index contributed by atoms with van der Waals surface area (Å²) in [6.45, 7) is 0.564. The van der Waals surface area contributed by atoms with Crippen molar-refractivity contribution in [3.63, 3.8) is 0 Å². The second kappa shape index (κ2) is 10.1. The highest BCUT2D eigenvalue weighted by atomic mass is 32.1. The number of carbonyl (C=O) groups is 1. The van der Waals surface area contributed by atoms with Gasteiger partial charge < -0.3 is 14.2 Å². The van der Waals surface area contributed by atoms with Crippen LogP contribution >= 0.6 is 11.3 Å². The van der Waals surface area contributed by atoms with Crippen molar-refractivity contribution in [2.24, 2.45) is 0 Å². The number of hydrogen-bond donors (Lipinski definition) is 0. The molecule has 0 atom stereocenters. The number of thiazole rings is 1. The quantitative estimate of drug-likeness (QED) is 0.368. The van der Waals surface area contributed by atoms with E-state index in [-0.39, 0.29) is 18.9 Å². The van der Waals surface area contributed by atoms with Gasteiger partial charge in [-0.25, -0.2) is 4.98 Å². The van der Waals surface area contributed by atoms with Crippen molar-refractivity contribution in [1.82, 2.24) is 9.97 Å². The number of carbonyl (C=O) groups excluding carboxylic acids is 1. The smallest absolute Gasteiger partial charge is 0.232 e. The molecule has 0 bridgehead atoms. The van der Waals surface area contributed by atoms with E-state index in [0.717, 1.165) is 16.1 Å². The number of fused-ring (bicyclic) bond motifs is 1. The largest absolute Gasteiger partial charge is 0.495 e. The molecule has 1 amide bonds. The van der Waals surface area contributed by atoms with Gasteiger partial charge >= 0.3 is 0 Å². The lowest BCUT2D eigenvalue weighted by atomic mass is 10.3. The van der Waals surface area contributed by atoms with Gasteiger partial charge in [0.25, 0.3) is 0 Å². The molecular weight excluding hydrogens is 426 g/mol. The molecule has 7 nitrogen and oxygen atoms in total. The van der Waals surface area contributed by atoms with Crippen molar-refractivity contribution < 1.29 is 19.0 Å². The normalized spacial score (nSPS) is 10.7. The fraction of sp³-hybridized carbons (Fsp3) is 0.208. The maximum Gasteiger partial charge on any atom is 0.232 e. The van der Waals surface area contributed by atoms with Crippen LogP contribution in [0.2, 0.25) is 0 Å². The first kappa shape index (κ1) is 21.6. The zero-order valence-corrected chi connectivity index (χ0v) is 18.7. The van der Waals surface area contributed by atoms with Gasteiger partial charge in [-0.2, -0.15) is 0 Å². The third kappa shape index (κ3) is 4.81. The third-order valence-corrected chi connectivity index (χ3v) is 5.90. The van der Waals surface area contributed by atoms with Crippen molar-refractivity contribution in [3.8, 4) is 17.2 Å². The Morgan fingerprint density at radius 3 is 2.44 bits per heavy atom. The van der Waals surface area contributed by atoms with Crippen LogP contribution in [0.15, 0.2) is 66.9 Å². The molecule has 32 heavy (non-hydrogen) atoms. The molecule has 0 fully saturated rings. The predicted octanol–water partition coefficient (Wildman–Crippen LogP) is 4.71. The molecule has 0 N–H and O–H groups in total. The Labute approximate surface area is 190 Å². The van der Waals surface area contributed by atoms with Crippen LogP contribution in [-0.2, 0) is 11.3 Å². The molecule has 2 heterocycles. The van der Waals surface area contributed by atoms with Crippen molar-refractivity contribution in [2.75, 3.05) is 25.7 Å². The maximum absolute atomic E-state index is 13.2. The summed E-state index contributed by atoms with van der Waals surface area (Å²) in [5.41, 5.74) is 1.43. The molecule has 0 saturated carbocycles. The number of pyridine rings is 1. The summed E-state index contributed by atoms with van der Waals surface area (Å²) in [5, 5.41) is 0.554. The zero-order valence-electron chi connectivity index (χ0n) is 17.9. The molecule has 0 aliphatic carbocycles. The van der Waals surface area contributed by atoms with Crippen molar-refractivity contribution in [1.29, 1.82) is 0 Å². The second-order valence-electron chi connectivity index (χ2n) is 6.86. The molecule has 0 aliphatic heterocycles. The first-order chi connectivity index (χ1) is 15.7. The van der Waals surface area contributed by atoms with E-state index in [1.807, 2.05) is 60.7 Å². The van der Waals surface area contributed by atoms with E-state index in [2.05, 4.69) is 4.98 Å². The number of hydrogen-bond acceptors (Lipinski definition) is 7. The first-order valence-corrected chi connectivity index (χ1v) is 10.9. The van der Waals surface area contributed by atoms with Gasteiger partial charge in [0, 0.05) is 6.20 Å². The molecular formula is C24H23N3O4S. The number of para-hydroxylation sites is 1. The van der Waals surface area contributed by atoms with Crippen LogP contribution < -0.4 is 19.1 Å². The number of rotatable bonds is 9. The van der Waals surface area contributed by atoms with E-state index in [0.29, 0.717) is 28.7 Å². The molecule has 4 aromatic rings. The maximum atomic E-state index is 13.2. The lowest BCUT2D eigenvalue weighted by molar-refractivity contribution is -0.119. The summed E-state index contributed by atoms with van der Waals surface area (Å²) in [5.74, 6) is 1.93. The predicted molar refractivity (Wildman–Crippen MR) is 125 cm³/mol. The summed E-state index contributed by atoms with van der Waals surface area (Å²) in [6.07, 6.45) is 1.91. The molecule has 0 saturated heterocycles. The van der Waals surface area contributed by atoms with Gasteiger partial charge in [-0.1, -0.05) is 35.6 Å². The number of benzene rings is 2. The van der Waals surface area contributed by atoms with Crippen LogP contribution in [0.4, 0.5) is 5.13 Å². The monoisotopic (exact) mass is 449 g/mol. The Morgan fingerprint density at radius 2 is 1.72 bits per heavy atom. The van der Waals surface area contributed by atoms with E-state index >= 15 is 0 Å². The summed E-state index contributed by atoms with van der Waals surface area (Å²) >= 11 is 1.38. The number of anilines is 1. The molecule has 2 aromatic carbocycles. The highest BCUT2D eigenvalue weighted by molar-refractivity contribution is 7.22. The van der Waals surface area contributed by atoms with Crippen LogP contribution in [0.5, 0.6) is 17.2 Å². The average molecular weight is 450 g/mol. The summed E-state index contributed by atoms with van der Waals surface area (Å²) < 4.78 is 17.5.